The van der Waals surface area contributed by atoms with E-state index >= 15 is 0 Å². The van der Waals surface area contributed by atoms with Crippen LogP contribution in [-0.4, -0.2) is 38.3 Å². The molecule has 2 aliphatic heterocycles. The lowest BCUT2D eigenvalue weighted by atomic mass is 9.78. The van der Waals surface area contributed by atoms with E-state index in [4.69, 9.17) is 11.6 Å². The predicted molar refractivity (Wildman–Crippen MR) is 84.9 cm³/mol. The zero-order valence-electron chi connectivity index (χ0n) is 12.2. The number of amides is 1. The van der Waals surface area contributed by atoms with Gasteiger partial charge in [-0.25, -0.2) is 12.7 Å². The summed E-state index contributed by atoms with van der Waals surface area (Å²) < 4.78 is 26.6. The van der Waals surface area contributed by atoms with E-state index in [-0.39, 0.29) is 17.1 Å². The summed E-state index contributed by atoms with van der Waals surface area (Å²) in [5, 5.41) is 3.46. The molecule has 0 aliphatic carbocycles. The summed E-state index contributed by atoms with van der Waals surface area (Å²) in [6.45, 7) is 1.66. The number of benzene rings is 1. The minimum absolute atomic E-state index is 0.00561. The summed E-state index contributed by atoms with van der Waals surface area (Å²) in [6.07, 6.45) is 2.01. The van der Waals surface area contributed by atoms with Gasteiger partial charge < -0.3 is 5.32 Å². The normalized spacial score (nSPS) is 22.0. The SMILES string of the molecule is O=C1CC2(CCN(S(=O)(=O)Cc3ccc(Cl)cc3)CC2)CN1. The third kappa shape index (κ3) is 3.29. The van der Waals surface area contributed by atoms with Gasteiger partial charge in [0.05, 0.1) is 5.75 Å². The molecular formula is C15H19ClN2O3S. The maximum Gasteiger partial charge on any atom is 0.220 e. The van der Waals surface area contributed by atoms with Gasteiger partial charge in [0.2, 0.25) is 15.9 Å². The van der Waals surface area contributed by atoms with Crippen molar-refractivity contribution in [2.75, 3.05) is 19.6 Å². The van der Waals surface area contributed by atoms with Crippen LogP contribution in [-0.2, 0) is 20.6 Å². The van der Waals surface area contributed by atoms with Crippen LogP contribution >= 0.6 is 11.6 Å². The van der Waals surface area contributed by atoms with Gasteiger partial charge in [0.15, 0.2) is 0 Å². The first-order valence-corrected chi connectivity index (χ1v) is 9.36. The molecule has 1 aromatic rings. The van der Waals surface area contributed by atoms with E-state index in [9.17, 15) is 13.2 Å². The maximum absolute atomic E-state index is 12.5. The molecule has 0 radical (unpaired) electrons. The Morgan fingerprint density at radius 3 is 2.36 bits per heavy atom. The highest BCUT2D eigenvalue weighted by atomic mass is 35.5. The lowest BCUT2D eigenvalue weighted by molar-refractivity contribution is -0.119. The second-order valence-corrected chi connectivity index (χ2v) is 8.64. The second-order valence-electron chi connectivity index (χ2n) is 6.24. The fourth-order valence-corrected chi connectivity index (χ4v) is 4.89. The quantitative estimate of drug-likeness (QED) is 0.910. The van der Waals surface area contributed by atoms with Crippen LogP contribution in [0, 0.1) is 5.41 Å². The molecular weight excluding hydrogens is 324 g/mol. The van der Waals surface area contributed by atoms with E-state index in [2.05, 4.69) is 5.32 Å². The number of nitrogens with one attached hydrogen (secondary N) is 1. The van der Waals surface area contributed by atoms with Crippen molar-refractivity contribution in [3.05, 3.63) is 34.9 Å². The first kappa shape index (κ1) is 15.8. The summed E-state index contributed by atoms with van der Waals surface area (Å²) in [6, 6.07) is 6.89. The number of hydrogen-bond acceptors (Lipinski definition) is 3. The molecule has 2 heterocycles. The largest absolute Gasteiger partial charge is 0.356 e. The minimum Gasteiger partial charge on any atom is -0.356 e. The van der Waals surface area contributed by atoms with Crippen LogP contribution in [0.2, 0.25) is 5.02 Å². The summed E-state index contributed by atoms with van der Waals surface area (Å²) in [5.74, 6) is 0.0754. The van der Waals surface area contributed by atoms with Crippen molar-refractivity contribution in [3.63, 3.8) is 0 Å². The van der Waals surface area contributed by atoms with Crippen LogP contribution in [0.15, 0.2) is 24.3 Å². The Balaban J connectivity index is 1.64. The van der Waals surface area contributed by atoms with Crippen LogP contribution in [0.4, 0.5) is 0 Å². The van der Waals surface area contributed by atoms with Crippen LogP contribution in [0.1, 0.15) is 24.8 Å². The van der Waals surface area contributed by atoms with E-state index in [0.717, 1.165) is 18.4 Å². The average Bonchev–Trinajstić information content (AvgIpc) is 2.82. The highest BCUT2D eigenvalue weighted by molar-refractivity contribution is 7.88. The number of sulfonamides is 1. The van der Waals surface area contributed by atoms with E-state index in [1.807, 2.05) is 0 Å². The zero-order valence-corrected chi connectivity index (χ0v) is 13.8. The van der Waals surface area contributed by atoms with E-state index in [1.54, 1.807) is 28.6 Å². The molecule has 0 unspecified atom stereocenters. The van der Waals surface area contributed by atoms with E-state index in [0.29, 0.717) is 31.1 Å². The van der Waals surface area contributed by atoms with Gasteiger partial charge in [-0.05, 0) is 36.0 Å². The Kier molecular flexibility index (Phi) is 4.18. The zero-order chi connectivity index (χ0) is 15.8. The van der Waals surface area contributed by atoms with Gasteiger partial charge in [-0.15, -0.1) is 0 Å². The van der Waals surface area contributed by atoms with E-state index < -0.39 is 10.0 Å². The monoisotopic (exact) mass is 342 g/mol. The average molecular weight is 343 g/mol. The summed E-state index contributed by atoms with van der Waals surface area (Å²) in [5.41, 5.74) is 0.700. The van der Waals surface area contributed by atoms with Crippen LogP contribution in [0.25, 0.3) is 0 Å². The predicted octanol–water partition coefficient (Wildman–Crippen LogP) is 1.77. The molecule has 120 valence electrons. The van der Waals surface area contributed by atoms with Gasteiger partial charge in [-0.3, -0.25) is 4.79 Å². The number of carbonyl (C=O) groups is 1. The molecule has 0 aromatic heterocycles. The first-order chi connectivity index (χ1) is 10.4. The van der Waals surface area contributed by atoms with Crippen molar-refractivity contribution in [1.29, 1.82) is 0 Å². The third-order valence-electron chi connectivity index (χ3n) is 4.63. The maximum atomic E-state index is 12.5. The number of nitrogens with zero attached hydrogens (tertiary/aromatic N) is 1. The molecule has 1 amide bonds. The molecule has 3 rings (SSSR count). The molecule has 2 fully saturated rings. The second kappa shape index (κ2) is 5.83. The molecule has 2 saturated heterocycles. The van der Waals surface area contributed by atoms with Crippen molar-refractivity contribution in [2.24, 2.45) is 5.41 Å². The Morgan fingerprint density at radius 2 is 1.82 bits per heavy atom. The molecule has 7 heteroatoms. The lowest BCUT2D eigenvalue weighted by Gasteiger charge is -2.37. The fourth-order valence-electron chi connectivity index (χ4n) is 3.23. The molecule has 1 spiro atoms. The summed E-state index contributed by atoms with van der Waals surface area (Å²) in [4.78, 5) is 11.4. The van der Waals surface area contributed by atoms with Crippen LogP contribution in [0.3, 0.4) is 0 Å². The van der Waals surface area contributed by atoms with E-state index in [1.165, 1.54) is 0 Å². The molecule has 0 saturated carbocycles. The first-order valence-electron chi connectivity index (χ1n) is 7.38. The van der Waals surface area contributed by atoms with Crippen molar-refractivity contribution >= 4 is 27.5 Å². The molecule has 0 bridgehead atoms. The Bertz CT molecular complexity index is 665. The molecule has 0 atom stereocenters. The Labute approximate surface area is 135 Å². The Morgan fingerprint density at radius 1 is 1.18 bits per heavy atom. The van der Waals surface area contributed by atoms with Crippen molar-refractivity contribution in [3.8, 4) is 0 Å². The van der Waals surface area contributed by atoms with Crippen molar-refractivity contribution in [1.82, 2.24) is 9.62 Å². The van der Waals surface area contributed by atoms with Gasteiger partial charge >= 0.3 is 0 Å². The van der Waals surface area contributed by atoms with Gasteiger partial charge in [-0.1, -0.05) is 23.7 Å². The fraction of sp³-hybridized carbons (Fsp3) is 0.533. The summed E-state index contributed by atoms with van der Waals surface area (Å²) >= 11 is 5.82. The highest BCUT2D eigenvalue weighted by Crippen LogP contribution is 2.38. The smallest absolute Gasteiger partial charge is 0.220 e. The molecule has 22 heavy (non-hydrogen) atoms. The van der Waals surface area contributed by atoms with Gasteiger partial charge in [0.1, 0.15) is 0 Å². The number of carbonyl (C=O) groups excluding carboxylic acids is 1. The number of piperidine rings is 1. The standard InChI is InChI=1S/C15H19ClN2O3S/c16-13-3-1-12(2-4-13)10-22(20,21)18-7-5-15(6-8-18)9-14(19)17-11-15/h1-4H,5-11H2,(H,17,19). The molecule has 1 aromatic carbocycles. The number of hydrogen-bond donors (Lipinski definition) is 1. The number of halogens is 1. The van der Waals surface area contributed by atoms with Gasteiger partial charge in [-0.2, -0.15) is 0 Å². The van der Waals surface area contributed by atoms with Crippen molar-refractivity contribution in [2.45, 2.75) is 25.0 Å². The lowest BCUT2D eigenvalue weighted by Crippen LogP contribution is -2.44. The molecule has 2 aliphatic rings. The third-order valence-corrected chi connectivity index (χ3v) is 6.74. The Hall–Kier alpha value is -1.11. The highest BCUT2D eigenvalue weighted by Gasteiger charge is 2.42. The van der Waals surface area contributed by atoms with Crippen LogP contribution < -0.4 is 5.32 Å². The van der Waals surface area contributed by atoms with Crippen LogP contribution in [0.5, 0.6) is 0 Å². The van der Waals surface area contributed by atoms with Gasteiger partial charge in [0.25, 0.3) is 0 Å². The molecule has 1 N–H and O–H groups in total. The number of rotatable bonds is 3. The molecule has 5 nitrogen and oxygen atoms in total. The summed E-state index contributed by atoms with van der Waals surface area (Å²) in [7, 11) is -3.32. The topological polar surface area (TPSA) is 66.5 Å². The van der Waals surface area contributed by atoms with Gasteiger partial charge in [0, 0.05) is 31.1 Å². The van der Waals surface area contributed by atoms with Crippen molar-refractivity contribution < 1.29 is 13.2 Å². The minimum atomic E-state index is -3.32.